The number of aromatic nitrogens is 3. The average Bonchev–Trinajstić information content (AvgIpc) is 2.58. The molecule has 3 N–H and O–H groups in total. The lowest BCUT2D eigenvalue weighted by Gasteiger charge is -2.12. The van der Waals surface area contributed by atoms with Gasteiger partial charge in [0.25, 0.3) is 0 Å². The van der Waals surface area contributed by atoms with E-state index < -0.39 is 0 Å². The summed E-state index contributed by atoms with van der Waals surface area (Å²) in [5, 5.41) is 3.82. The van der Waals surface area contributed by atoms with Gasteiger partial charge in [-0.2, -0.15) is 4.98 Å². The fourth-order valence-electron chi connectivity index (χ4n) is 1.94. The van der Waals surface area contributed by atoms with E-state index in [-0.39, 0.29) is 5.88 Å². The highest BCUT2D eigenvalue weighted by atomic mass is 35.5. The molecule has 3 aromatic rings. The molecule has 2 aromatic heterocycles. The van der Waals surface area contributed by atoms with Gasteiger partial charge in [-0.1, -0.05) is 29.8 Å². The number of nitrogen functional groups attached to an aromatic ring is 1. The van der Waals surface area contributed by atoms with Crippen LogP contribution in [0.5, 0.6) is 11.6 Å². The van der Waals surface area contributed by atoms with Crippen molar-refractivity contribution in [2.75, 3.05) is 11.1 Å². The number of halogens is 1. The van der Waals surface area contributed by atoms with Crippen molar-refractivity contribution >= 4 is 23.1 Å². The summed E-state index contributed by atoms with van der Waals surface area (Å²) >= 11 is 6.13. The predicted octanol–water partition coefficient (Wildman–Crippen LogP) is 3.51. The van der Waals surface area contributed by atoms with Crippen LogP contribution in [0.4, 0.5) is 11.5 Å². The SMILES string of the molecule is Nc1c(NCc2ccccc2Cl)ncnc1Oc1cccnc1. The van der Waals surface area contributed by atoms with Crippen LogP contribution in [0.2, 0.25) is 5.02 Å². The van der Waals surface area contributed by atoms with Gasteiger partial charge in [0, 0.05) is 17.8 Å². The zero-order valence-electron chi connectivity index (χ0n) is 12.1. The summed E-state index contributed by atoms with van der Waals surface area (Å²) in [4.78, 5) is 12.2. The number of rotatable bonds is 5. The van der Waals surface area contributed by atoms with Gasteiger partial charge in [0.1, 0.15) is 17.8 Å². The molecule has 6 nitrogen and oxygen atoms in total. The van der Waals surface area contributed by atoms with Crippen LogP contribution in [0.3, 0.4) is 0 Å². The maximum atomic E-state index is 6.13. The van der Waals surface area contributed by atoms with Gasteiger partial charge in [0.15, 0.2) is 5.82 Å². The summed E-state index contributed by atoms with van der Waals surface area (Å²) in [6.45, 7) is 0.493. The second kappa shape index (κ2) is 6.93. The van der Waals surface area contributed by atoms with Crippen LogP contribution in [0.15, 0.2) is 55.1 Å². The Labute approximate surface area is 138 Å². The van der Waals surface area contributed by atoms with Crippen molar-refractivity contribution in [1.82, 2.24) is 15.0 Å². The number of hydrogen-bond acceptors (Lipinski definition) is 6. The van der Waals surface area contributed by atoms with Crippen molar-refractivity contribution < 1.29 is 4.74 Å². The first-order valence-corrected chi connectivity index (χ1v) is 7.27. The van der Waals surface area contributed by atoms with Crippen molar-refractivity contribution in [3.05, 3.63) is 65.7 Å². The first-order chi connectivity index (χ1) is 11.2. The van der Waals surface area contributed by atoms with E-state index in [2.05, 4.69) is 20.3 Å². The molecule has 0 saturated carbocycles. The molecule has 7 heteroatoms. The summed E-state index contributed by atoms with van der Waals surface area (Å²) in [5.74, 6) is 1.31. The minimum Gasteiger partial charge on any atom is -0.435 e. The van der Waals surface area contributed by atoms with Crippen molar-refractivity contribution in [3.8, 4) is 11.6 Å². The van der Waals surface area contributed by atoms with Crippen LogP contribution < -0.4 is 15.8 Å². The van der Waals surface area contributed by atoms with E-state index in [4.69, 9.17) is 22.1 Å². The molecule has 0 fully saturated rings. The molecule has 0 spiro atoms. The minimum atomic E-state index is 0.273. The van der Waals surface area contributed by atoms with E-state index >= 15 is 0 Å². The van der Waals surface area contributed by atoms with Gasteiger partial charge in [-0.15, -0.1) is 0 Å². The van der Waals surface area contributed by atoms with Crippen molar-refractivity contribution in [1.29, 1.82) is 0 Å². The molecule has 2 heterocycles. The second-order valence-corrected chi connectivity index (χ2v) is 5.08. The summed E-state index contributed by atoms with van der Waals surface area (Å²) in [5.41, 5.74) is 7.34. The maximum absolute atomic E-state index is 6.13. The number of ether oxygens (including phenoxy) is 1. The van der Waals surface area contributed by atoms with Crippen LogP contribution in [0.1, 0.15) is 5.56 Å². The first-order valence-electron chi connectivity index (χ1n) is 6.89. The highest BCUT2D eigenvalue weighted by Gasteiger charge is 2.10. The lowest BCUT2D eigenvalue weighted by atomic mass is 10.2. The zero-order valence-corrected chi connectivity index (χ0v) is 12.9. The smallest absolute Gasteiger partial charge is 0.248 e. The van der Waals surface area contributed by atoms with Gasteiger partial charge in [-0.25, -0.2) is 4.98 Å². The Morgan fingerprint density at radius 1 is 1.13 bits per heavy atom. The van der Waals surface area contributed by atoms with E-state index in [1.807, 2.05) is 24.3 Å². The molecule has 0 bridgehead atoms. The van der Waals surface area contributed by atoms with Crippen LogP contribution in [-0.2, 0) is 6.54 Å². The van der Waals surface area contributed by atoms with E-state index in [1.165, 1.54) is 6.33 Å². The number of nitrogens with two attached hydrogens (primary N) is 1. The topological polar surface area (TPSA) is 86.0 Å². The Balaban J connectivity index is 1.76. The average molecular weight is 328 g/mol. The van der Waals surface area contributed by atoms with E-state index in [9.17, 15) is 0 Å². The summed E-state index contributed by atoms with van der Waals surface area (Å²) in [6, 6.07) is 11.1. The molecule has 0 unspecified atom stereocenters. The zero-order chi connectivity index (χ0) is 16.1. The third kappa shape index (κ3) is 3.67. The normalized spacial score (nSPS) is 10.3. The number of nitrogens with zero attached hydrogens (tertiary/aromatic N) is 3. The Morgan fingerprint density at radius 3 is 2.78 bits per heavy atom. The Bertz CT molecular complexity index is 797. The number of benzene rings is 1. The molecule has 3 rings (SSSR count). The third-order valence-electron chi connectivity index (χ3n) is 3.10. The number of hydrogen-bond donors (Lipinski definition) is 2. The standard InChI is InChI=1S/C16H14ClN5O/c17-13-6-2-1-4-11(13)8-20-15-14(18)16(22-10-21-15)23-12-5-3-7-19-9-12/h1-7,9-10H,8,18H2,(H,20,21,22). The Hall–Kier alpha value is -2.86. The van der Waals surface area contributed by atoms with E-state index in [1.54, 1.807) is 24.5 Å². The van der Waals surface area contributed by atoms with Crippen molar-refractivity contribution in [3.63, 3.8) is 0 Å². The summed E-state index contributed by atoms with van der Waals surface area (Å²) in [6.07, 6.45) is 4.63. The van der Waals surface area contributed by atoms with Gasteiger partial charge in [-0.05, 0) is 23.8 Å². The number of pyridine rings is 1. The van der Waals surface area contributed by atoms with Crippen LogP contribution in [0, 0.1) is 0 Å². The minimum absolute atomic E-state index is 0.273. The molecule has 1 aromatic carbocycles. The fraction of sp³-hybridized carbons (Fsp3) is 0.0625. The third-order valence-corrected chi connectivity index (χ3v) is 3.47. The quantitative estimate of drug-likeness (QED) is 0.745. The highest BCUT2D eigenvalue weighted by Crippen LogP contribution is 2.29. The van der Waals surface area contributed by atoms with Crippen LogP contribution in [0.25, 0.3) is 0 Å². The van der Waals surface area contributed by atoms with Crippen LogP contribution in [-0.4, -0.2) is 15.0 Å². The van der Waals surface area contributed by atoms with Crippen molar-refractivity contribution in [2.24, 2.45) is 0 Å². The predicted molar refractivity (Wildman–Crippen MR) is 89.5 cm³/mol. The molecule has 23 heavy (non-hydrogen) atoms. The van der Waals surface area contributed by atoms with Gasteiger partial charge < -0.3 is 15.8 Å². The second-order valence-electron chi connectivity index (χ2n) is 4.68. The number of anilines is 2. The first kappa shape index (κ1) is 15.1. The molecule has 0 saturated heterocycles. The molecule has 0 amide bonds. The lowest BCUT2D eigenvalue weighted by molar-refractivity contribution is 0.462. The van der Waals surface area contributed by atoms with Gasteiger partial charge >= 0.3 is 0 Å². The molecule has 0 aliphatic rings. The van der Waals surface area contributed by atoms with Gasteiger partial charge in [0.05, 0.1) is 6.20 Å². The molecular formula is C16H14ClN5O. The molecular weight excluding hydrogens is 314 g/mol. The largest absolute Gasteiger partial charge is 0.435 e. The van der Waals surface area contributed by atoms with Gasteiger partial charge in [-0.3, -0.25) is 4.98 Å². The maximum Gasteiger partial charge on any atom is 0.248 e. The molecule has 0 radical (unpaired) electrons. The molecule has 0 aliphatic carbocycles. The fourth-order valence-corrected chi connectivity index (χ4v) is 2.14. The highest BCUT2D eigenvalue weighted by molar-refractivity contribution is 6.31. The molecule has 0 atom stereocenters. The van der Waals surface area contributed by atoms with Gasteiger partial charge in [0.2, 0.25) is 5.88 Å². The van der Waals surface area contributed by atoms with E-state index in [0.29, 0.717) is 28.8 Å². The number of nitrogens with one attached hydrogen (secondary N) is 1. The summed E-state index contributed by atoms with van der Waals surface area (Å²) < 4.78 is 5.62. The Kier molecular flexibility index (Phi) is 4.54. The van der Waals surface area contributed by atoms with Crippen molar-refractivity contribution in [2.45, 2.75) is 6.54 Å². The Morgan fingerprint density at radius 2 is 2.00 bits per heavy atom. The molecule has 116 valence electrons. The molecule has 0 aliphatic heterocycles. The van der Waals surface area contributed by atoms with E-state index in [0.717, 1.165) is 5.56 Å². The summed E-state index contributed by atoms with van der Waals surface area (Å²) in [7, 11) is 0. The monoisotopic (exact) mass is 327 g/mol. The van der Waals surface area contributed by atoms with Crippen LogP contribution >= 0.6 is 11.6 Å². The lowest BCUT2D eigenvalue weighted by Crippen LogP contribution is -2.07.